The SMILES string of the molecule is CCCN(CCC)C(=O)COC(=O)CCc1nc2sc3c(c2c(=O)[nH]1)CCCC3. The molecule has 8 heteroatoms. The lowest BCUT2D eigenvalue weighted by atomic mass is 9.97. The summed E-state index contributed by atoms with van der Waals surface area (Å²) in [4.78, 5) is 47.9. The second-order valence-corrected chi connectivity index (χ2v) is 8.53. The van der Waals surface area contributed by atoms with Crippen molar-refractivity contribution in [2.75, 3.05) is 19.7 Å². The first-order valence-electron chi connectivity index (χ1n) is 10.5. The Balaban J connectivity index is 1.57. The van der Waals surface area contributed by atoms with Gasteiger partial charge in [0.25, 0.3) is 11.5 Å². The molecule has 158 valence electrons. The molecule has 1 N–H and O–H groups in total. The van der Waals surface area contributed by atoms with E-state index in [2.05, 4.69) is 9.97 Å². The number of ether oxygens (including phenoxy) is 1. The van der Waals surface area contributed by atoms with E-state index in [1.165, 1.54) is 4.88 Å². The fourth-order valence-corrected chi connectivity index (χ4v) is 5.03. The van der Waals surface area contributed by atoms with Gasteiger partial charge in [0, 0.05) is 24.4 Å². The number of fused-ring (bicyclic) bond motifs is 3. The summed E-state index contributed by atoms with van der Waals surface area (Å²) in [6.45, 7) is 5.12. The average Bonchev–Trinajstić information content (AvgIpc) is 3.09. The van der Waals surface area contributed by atoms with E-state index >= 15 is 0 Å². The number of amides is 1. The number of carbonyl (C=O) groups excluding carboxylic acids is 2. The largest absolute Gasteiger partial charge is 0.456 e. The molecule has 1 aliphatic rings. The van der Waals surface area contributed by atoms with Gasteiger partial charge >= 0.3 is 5.97 Å². The number of aromatic nitrogens is 2. The number of hydrogen-bond donors (Lipinski definition) is 1. The summed E-state index contributed by atoms with van der Waals surface area (Å²) in [5, 5.41) is 0.716. The standard InChI is InChI=1S/C21H29N3O4S/c1-3-11-24(12-4-2)17(25)13-28-18(26)10-9-16-22-20(27)19-14-7-5-6-8-15(14)29-21(19)23-16/h3-13H2,1-2H3,(H,22,23,27). The molecule has 2 heterocycles. The van der Waals surface area contributed by atoms with E-state index in [-0.39, 0.29) is 30.9 Å². The molecule has 1 aliphatic carbocycles. The average molecular weight is 420 g/mol. The van der Waals surface area contributed by atoms with Gasteiger partial charge in [-0.1, -0.05) is 13.8 Å². The van der Waals surface area contributed by atoms with Crippen molar-refractivity contribution >= 4 is 33.4 Å². The predicted molar refractivity (Wildman–Crippen MR) is 113 cm³/mol. The third-order valence-electron chi connectivity index (χ3n) is 5.14. The monoisotopic (exact) mass is 419 g/mol. The number of nitrogens with zero attached hydrogens (tertiary/aromatic N) is 2. The van der Waals surface area contributed by atoms with Crippen LogP contribution in [0.25, 0.3) is 10.2 Å². The Morgan fingerprint density at radius 3 is 2.62 bits per heavy atom. The Hall–Kier alpha value is -2.22. The van der Waals surface area contributed by atoms with Crippen LogP contribution in [-0.4, -0.2) is 46.4 Å². The molecule has 2 aromatic heterocycles. The lowest BCUT2D eigenvalue weighted by Gasteiger charge is -2.21. The van der Waals surface area contributed by atoms with Crippen LogP contribution in [0.15, 0.2) is 4.79 Å². The first kappa shape index (κ1) is 21.5. The molecule has 29 heavy (non-hydrogen) atoms. The summed E-state index contributed by atoms with van der Waals surface area (Å²) in [7, 11) is 0. The summed E-state index contributed by atoms with van der Waals surface area (Å²) >= 11 is 1.59. The van der Waals surface area contributed by atoms with E-state index < -0.39 is 5.97 Å². The summed E-state index contributed by atoms with van der Waals surface area (Å²) < 4.78 is 5.14. The number of aryl methyl sites for hydroxylation is 3. The number of hydrogen-bond acceptors (Lipinski definition) is 6. The number of H-pyrrole nitrogens is 1. The Bertz CT molecular complexity index is 928. The lowest BCUT2D eigenvalue weighted by Crippen LogP contribution is -2.35. The number of carbonyl (C=O) groups is 2. The van der Waals surface area contributed by atoms with Gasteiger partial charge < -0.3 is 14.6 Å². The third-order valence-corrected chi connectivity index (χ3v) is 6.32. The minimum atomic E-state index is -0.459. The first-order valence-corrected chi connectivity index (χ1v) is 11.3. The van der Waals surface area contributed by atoms with Crippen molar-refractivity contribution in [2.24, 2.45) is 0 Å². The molecule has 1 amide bonds. The zero-order valence-corrected chi connectivity index (χ0v) is 18.0. The van der Waals surface area contributed by atoms with Gasteiger partial charge in [-0.2, -0.15) is 0 Å². The van der Waals surface area contributed by atoms with Crippen molar-refractivity contribution in [3.8, 4) is 0 Å². The highest BCUT2D eigenvalue weighted by Gasteiger charge is 2.20. The van der Waals surface area contributed by atoms with Gasteiger partial charge in [-0.25, -0.2) is 4.98 Å². The molecule has 0 saturated carbocycles. The van der Waals surface area contributed by atoms with E-state index in [0.29, 0.717) is 24.3 Å². The molecule has 3 rings (SSSR count). The van der Waals surface area contributed by atoms with E-state index in [1.807, 2.05) is 13.8 Å². The van der Waals surface area contributed by atoms with Crippen LogP contribution < -0.4 is 5.56 Å². The molecule has 0 atom stereocenters. The Morgan fingerprint density at radius 2 is 1.90 bits per heavy atom. The van der Waals surface area contributed by atoms with Crippen molar-refractivity contribution in [3.05, 3.63) is 26.6 Å². The quantitative estimate of drug-likeness (QED) is 0.631. The van der Waals surface area contributed by atoms with Gasteiger partial charge in [-0.3, -0.25) is 14.4 Å². The zero-order valence-electron chi connectivity index (χ0n) is 17.2. The highest BCUT2D eigenvalue weighted by Crippen LogP contribution is 2.33. The second-order valence-electron chi connectivity index (χ2n) is 7.45. The van der Waals surface area contributed by atoms with Crippen molar-refractivity contribution in [2.45, 2.75) is 65.2 Å². The van der Waals surface area contributed by atoms with Gasteiger partial charge in [-0.05, 0) is 44.1 Å². The minimum Gasteiger partial charge on any atom is -0.456 e. The number of nitrogens with one attached hydrogen (secondary N) is 1. The summed E-state index contributed by atoms with van der Waals surface area (Å²) in [5.74, 6) is -0.137. The molecule has 0 saturated heterocycles. The van der Waals surface area contributed by atoms with Crippen LogP contribution >= 0.6 is 11.3 Å². The topological polar surface area (TPSA) is 92.4 Å². The van der Waals surface area contributed by atoms with Crippen LogP contribution in [0.3, 0.4) is 0 Å². The van der Waals surface area contributed by atoms with Gasteiger partial charge in [0.15, 0.2) is 6.61 Å². The van der Waals surface area contributed by atoms with E-state index in [4.69, 9.17) is 4.74 Å². The highest BCUT2D eigenvalue weighted by molar-refractivity contribution is 7.18. The molecule has 0 unspecified atom stereocenters. The van der Waals surface area contributed by atoms with Crippen molar-refractivity contribution < 1.29 is 14.3 Å². The first-order chi connectivity index (χ1) is 14.0. The summed E-state index contributed by atoms with van der Waals surface area (Å²) in [6.07, 6.45) is 6.32. The molecule has 0 fully saturated rings. The van der Waals surface area contributed by atoms with Gasteiger partial charge in [0.2, 0.25) is 0 Å². The smallest absolute Gasteiger partial charge is 0.306 e. The maximum atomic E-state index is 12.5. The maximum Gasteiger partial charge on any atom is 0.306 e. The van der Waals surface area contributed by atoms with Gasteiger partial charge in [0.1, 0.15) is 10.7 Å². The Morgan fingerprint density at radius 1 is 1.17 bits per heavy atom. The number of rotatable bonds is 9. The molecule has 0 aromatic carbocycles. The van der Waals surface area contributed by atoms with Crippen LogP contribution in [0.5, 0.6) is 0 Å². The number of thiophene rings is 1. The molecule has 0 spiro atoms. The third kappa shape index (κ3) is 5.23. The molecular weight excluding hydrogens is 390 g/mol. The van der Waals surface area contributed by atoms with Gasteiger partial charge in [0.05, 0.1) is 11.8 Å². The molecule has 7 nitrogen and oxygen atoms in total. The van der Waals surface area contributed by atoms with Crippen LogP contribution in [0, 0.1) is 0 Å². The van der Waals surface area contributed by atoms with Crippen molar-refractivity contribution in [1.82, 2.24) is 14.9 Å². The van der Waals surface area contributed by atoms with Crippen molar-refractivity contribution in [3.63, 3.8) is 0 Å². The van der Waals surface area contributed by atoms with E-state index in [1.54, 1.807) is 16.2 Å². The van der Waals surface area contributed by atoms with Crippen molar-refractivity contribution in [1.29, 1.82) is 0 Å². The lowest BCUT2D eigenvalue weighted by molar-refractivity contribution is -0.152. The fourth-order valence-electron chi connectivity index (χ4n) is 3.75. The second kappa shape index (κ2) is 10.0. The van der Waals surface area contributed by atoms with Crippen LogP contribution in [-0.2, 0) is 33.6 Å². The molecule has 0 aliphatic heterocycles. The number of aromatic amines is 1. The zero-order chi connectivity index (χ0) is 20.8. The predicted octanol–water partition coefficient (Wildman–Crippen LogP) is 2.99. The fraction of sp³-hybridized carbons (Fsp3) is 0.619. The molecule has 0 bridgehead atoms. The van der Waals surface area contributed by atoms with Crippen LogP contribution in [0.4, 0.5) is 0 Å². The molecule has 2 aromatic rings. The van der Waals surface area contributed by atoms with Crippen LogP contribution in [0.2, 0.25) is 0 Å². The Kier molecular flexibility index (Phi) is 7.41. The van der Waals surface area contributed by atoms with E-state index in [9.17, 15) is 14.4 Å². The Labute approximate surface area is 174 Å². The number of esters is 1. The van der Waals surface area contributed by atoms with Crippen LogP contribution in [0.1, 0.15) is 62.2 Å². The maximum absolute atomic E-state index is 12.5. The molecular formula is C21H29N3O4S. The highest BCUT2D eigenvalue weighted by atomic mass is 32.1. The molecule has 0 radical (unpaired) electrons. The van der Waals surface area contributed by atoms with Gasteiger partial charge in [-0.15, -0.1) is 11.3 Å². The summed E-state index contributed by atoms with van der Waals surface area (Å²) in [5.41, 5.74) is 1.03. The van der Waals surface area contributed by atoms with E-state index in [0.717, 1.165) is 48.9 Å². The normalized spacial score (nSPS) is 13.3. The summed E-state index contributed by atoms with van der Waals surface area (Å²) in [6, 6.07) is 0. The minimum absolute atomic E-state index is 0.0777.